The number of amides is 1. The van der Waals surface area contributed by atoms with Crippen LogP contribution in [-0.4, -0.2) is 21.2 Å². The van der Waals surface area contributed by atoms with Gasteiger partial charge in [-0.1, -0.05) is 47.1 Å². The first kappa shape index (κ1) is 25.3. The number of nitrogens with zero attached hydrogens (tertiary/aromatic N) is 2. The lowest BCUT2D eigenvalue weighted by Gasteiger charge is -2.15. The third-order valence-electron chi connectivity index (χ3n) is 6.30. The molecule has 9 heteroatoms. The molecule has 0 unspecified atom stereocenters. The second-order valence-electron chi connectivity index (χ2n) is 9.16. The van der Waals surface area contributed by atoms with Gasteiger partial charge in [0, 0.05) is 4.88 Å². The quantitative estimate of drug-likeness (QED) is 0.206. The molecule has 186 valence electrons. The summed E-state index contributed by atoms with van der Waals surface area (Å²) in [7, 11) is 0. The van der Waals surface area contributed by atoms with Crippen molar-refractivity contribution in [2.45, 2.75) is 51.6 Å². The Labute approximate surface area is 227 Å². The van der Waals surface area contributed by atoms with Crippen LogP contribution in [0.3, 0.4) is 0 Å². The number of anilines is 1. The fourth-order valence-electron chi connectivity index (χ4n) is 4.67. The highest BCUT2D eigenvalue weighted by Crippen LogP contribution is 2.36. The molecule has 5 rings (SSSR count). The molecule has 0 fully saturated rings. The van der Waals surface area contributed by atoms with Gasteiger partial charge in [0.15, 0.2) is 5.16 Å². The summed E-state index contributed by atoms with van der Waals surface area (Å²) in [5, 5.41) is 4.83. The molecule has 0 spiro atoms. The molecule has 0 radical (unpaired) electrons. The van der Waals surface area contributed by atoms with Crippen LogP contribution in [0, 0.1) is 20.8 Å². The summed E-state index contributed by atoms with van der Waals surface area (Å²) in [5.41, 5.74) is 5.16. The third-order valence-corrected chi connectivity index (χ3v) is 9.23. The number of hydrogen-bond acceptors (Lipinski definition) is 5. The summed E-state index contributed by atoms with van der Waals surface area (Å²) in [6.45, 7) is 5.87. The van der Waals surface area contributed by atoms with E-state index in [2.05, 4.69) is 11.4 Å². The van der Waals surface area contributed by atoms with Gasteiger partial charge in [-0.3, -0.25) is 14.2 Å². The van der Waals surface area contributed by atoms with Crippen LogP contribution in [0.1, 0.15) is 40.0 Å². The molecule has 1 N–H and O–H groups in total. The standard InChI is InChI=1S/C27H25Cl2N3O2S2/c1-14-10-15(2)12-17(11-14)32-26(34)22-18-6-4-5-7-20(18)36-25(22)31-27(32)35-13-21(33)30-24-19(28)9-8-16(3)23(24)29/h8-12H,4-7,13H2,1-3H3,(H,30,33). The van der Waals surface area contributed by atoms with Crippen LogP contribution < -0.4 is 10.9 Å². The maximum Gasteiger partial charge on any atom is 0.267 e. The normalized spacial score (nSPS) is 13.1. The maximum atomic E-state index is 13.9. The molecule has 1 aliphatic rings. The number of carbonyl (C=O) groups excluding carboxylic acids is 1. The maximum absolute atomic E-state index is 13.9. The number of fused-ring (bicyclic) bond motifs is 3. The van der Waals surface area contributed by atoms with Crippen molar-refractivity contribution in [3.8, 4) is 5.69 Å². The van der Waals surface area contributed by atoms with E-state index in [0.29, 0.717) is 20.9 Å². The number of benzene rings is 2. The number of halogens is 2. The summed E-state index contributed by atoms with van der Waals surface area (Å²) in [6, 6.07) is 9.55. The van der Waals surface area contributed by atoms with Gasteiger partial charge >= 0.3 is 0 Å². The average molecular weight is 559 g/mol. The molecule has 36 heavy (non-hydrogen) atoms. The predicted octanol–water partition coefficient (Wildman–Crippen LogP) is 7.29. The first-order valence-electron chi connectivity index (χ1n) is 11.8. The van der Waals surface area contributed by atoms with Crippen LogP contribution in [0.15, 0.2) is 40.3 Å². The van der Waals surface area contributed by atoms with Gasteiger partial charge in [-0.2, -0.15) is 0 Å². The van der Waals surface area contributed by atoms with Gasteiger partial charge in [0.25, 0.3) is 5.56 Å². The molecular formula is C27H25Cl2N3O2S2. The van der Waals surface area contributed by atoms with E-state index in [1.165, 1.54) is 16.6 Å². The van der Waals surface area contributed by atoms with Crippen molar-refractivity contribution in [3.63, 3.8) is 0 Å². The molecule has 0 saturated heterocycles. The van der Waals surface area contributed by atoms with E-state index < -0.39 is 0 Å². The second-order valence-corrected chi connectivity index (χ2v) is 12.0. The van der Waals surface area contributed by atoms with Crippen molar-refractivity contribution in [1.82, 2.24) is 9.55 Å². The first-order valence-corrected chi connectivity index (χ1v) is 14.3. The summed E-state index contributed by atoms with van der Waals surface area (Å²) in [6.07, 6.45) is 4.12. The zero-order valence-electron chi connectivity index (χ0n) is 20.2. The Hall–Kier alpha value is -2.32. The van der Waals surface area contributed by atoms with E-state index in [1.807, 2.05) is 32.9 Å². The SMILES string of the molecule is Cc1cc(C)cc(-n2c(SCC(=O)Nc3c(Cl)ccc(C)c3Cl)nc3sc4c(c3c2=O)CCCC4)c1. The zero-order chi connectivity index (χ0) is 25.6. The second kappa shape index (κ2) is 10.2. The Morgan fingerprint density at radius 2 is 1.83 bits per heavy atom. The number of aryl methyl sites for hydroxylation is 5. The molecule has 0 bridgehead atoms. The highest BCUT2D eigenvalue weighted by molar-refractivity contribution is 7.99. The number of hydrogen-bond donors (Lipinski definition) is 1. The van der Waals surface area contributed by atoms with Crippen LogP contribution in [0.5, 0.6) is 0 Å². The molecule has 2 heterocycles. The van der Waals surface area contributed by atoms with Gasteiger partial charge in [-0.25, -0.2) is 4.98 Å². The Balaban J connectivity index is 1.55. The fourth-order valence-corrected chi connectivity index (χ4v) is 7.25. The molecule has 4 aromatic rings. The van der Waals surface area contributed by atoms with E-state index in [9.17, 15) is 9.59 Å². The van der Waals surface area contributed by atoms with Gasteiger partial charge in [0.1, 0.15) is 4.83 Å². The molecule has 0 saturated carbocycles. The minimum atomic E-state index is -0.277. The van der Waals surface area contributed by atoms with E-state index in [4.69, 9.17) is 28.2 Å². The Bertz CT molecular complexity index is 1560. The largest absolute Gasteiger partial charge is 0.323 e. The van der Waals surface area contributed by atoms with Crippen molar-refractivity contribution < 1.29 is 4.79 Å². The van der Waals surface area contributed by atoms with Crippen molar-refractivity contribution in [2.75, 3.05) is 11.1 Å². The van der Waals surface area contributed by atoms with Crippen molar-refractivity contribution in [3.05, 3.63) is 77.9 Å². The number of carbonyl (C=O) groups is 1. The van der Waals surface area contributed by atoms with Gasteiger partial charge in [0.05, 0.1) is 32.6 Å². The summed E-state index contributed by atoms with van der Waals surface area (Å²) in [5.74, 6) is -0.227. The third kappa shape index (κ3) is 4.82. The average Bonchev–Trinajstić information content (AvgIpc) is 3.21. The highest BCUT2D eigenvalue weighted by atomic mass is 35.5. The van der Waals surface area contributed by atoms with Crippen LogP contribution in [0.4, 0.5) is 5.69 Å². The Kier molecular flexibility index (Phi) is 7.18. The van der Waals surface area contributed by atoms with Crippen LogP contribution in [0.25, 0.3) is 15.9 Å². The molecule has 5 nitrogen and oxygen atoms in total. The number of thiophene rings is 1. The van der Waals surface area contributed by atoms with E-state index in [-0.39, 0.29) is 17.2 Å². The smallest absolute Gasteiger partial charge is 0.267 e. The Morgan fingerprint density at radius 3 is 2.58 bits per heavy atom. The van der Waals surface area contributed by atoms with Crippen LogP contribution in [-0.2, 0) is 17.6 Å². The van der Waals surface area contributed by atoms with E-state index in [0.717, 1.165) is 63.8 Å². The minimum Gasteiger partial charge on any atom is -0.323 e. The molecule has 2 aromatic carbocycles. The topological polar surface area (TPSA) is 64.0 Å². The number of thioether (sulfide) groups is 1. The fraction of sp³-hybridized carbons (Fsp3) is 0.296. The molecule has 0 atom stereocenters. The molecular weight excluding hydrogens is 533 g/mol. The summed E-state index contributed by atoms with van der Waals surface area (Å²) < 4.78 is 1.66. The van der Waals surface area contributed by atoms with E-state index >= 15 is 0 Å². The summed E-state index contributed by atoms with van der Waals surface area (Å²) >= 11 is 15.5. The highest BCUT2D eigenvalue weighted by Gasteiger charge is 2.23. The van der Waals surface area contributed by atoms with Gasteiger partial charge < -0.3 is 5.32 Å². The molecule has 1 amide bonds. The lowest BCUT2D eigenvalue weighted by molar-refractivity contribution is -0.113. The number of aromatic nitrogens is 2. The van der Waals surface area contributed by atoms with Gasteiger partial charge in [-0.05, 0) is 86.9 Å². The number of nitrogens with one attached hydrogen (secondary N) is 1. The van der Waals surface area contributed by atoms with Crippen molar-refractivity contribution in [1.29, 1.82) is 0 Å². The van der Waals surface area contributed by atoms with Crippen molar-refractivity contribution >= 4 is 68.1 Å². The molecule has 1 aliphatic carbocycles. The minimum absolute atomic E-state index is 0.0500. The monoisotopic (exact) mass is 557 g/mol. The zero-order valence-corrected chi connectivity index (χ0v) is 23.4. The van der Waals surface area contributed by atoms with Gasteiger partial charge in [0.2, 0.25) is 5.91 Å². The molecule has 0 aliphatic heterocycles. The van der Waals surface area contributed by atoms with Crippen molar-refractivity contribution in [2.24, 2.45) is 0 Å². The van der Waals surface area contributed by atoms with Crippen LogP contribution >= 0.6 is 46.3 Å². The Morgan fingerprint density at radius 1 is 1.11 bits per heavy atom. The van der Waals surface area contributed by atoms with E-state index in [1.54, 1.807) is 28.0 Å². The number of rotatable bonds is 5. The predicted molar refractivity (Wildman–Crippen MR) is 152 cm³/mol. The lowest BCUT2D eigenvalue weighted by atomic mass is 9.97. The van der Waals surface area contributed by atoms with Gasteiger partial charge in [-0.15, -0.1) is 11.3 Å². The lowest BCUT2D eigenvalue weighted by Crippen LogP contribution is -2.23. The first-order chi connectivity index (χ1) is 17.2. The summed E-state index contributed by atoms with van der Waals surface area (Å²) in [4.78, 5) is 33.8. The van der Waals surface area contributed by atoms with Crippen LogP contribution in [0.2, 0.25) is 10.0 Å². The molecule has 2 aromatic heterocycles.